The Labute approximate surface area is 120 Å². The molecular weight excluding hydrogens is 279 g/mol. The van der Waals surface area contributed by atoms with Gasteiger partial charge in [-0.25, -0.2) is 9.18 Å². The summed E-state index contributed by atoms with van der Waals surface area (Å²) in [5.41, 5.74) is 0.513. The summed E-state index contributed by atoms with van der Waals surface area (Å²) in [5, 5.41) is 4.25. The number of imide groups is 1. The highest BCUT2D eigenvalue weighted by Gasteiger charge is 2.32. The molecule has 0 aliphatic heterocycles. The highest BCUT2D eigenvalue weighted by Crippen LogP contribution is 2.39. The standard InChI is InChI=1S/C14H15FN2O4/c1-7-5-9(18)13-10(4-3-8(15)12(7)13)21-6-11(19)17-14(20)16-2/h3-4,7H,5-6H2,1-2H3,(H2,16,17,19,20). The first-order valence-corrected chi connectivity index (χ1v) is 6.44. The predicted molar refractivity (Wildman–Crippen MR) is 71.9 cm³/mol. The van der Waals surface area contributed by atoms with Gasteiger partial charge in [0, 0.05) is 19.0 Å². The number of benzene rings is 1. The molecule has 0 radical (unpaired) electrons. The molecule has 0 spiro atoms. The second-order valence-corrected chi connectivity index (χ2v) is 4.78. The van der Waals surface area contributed by atoms with E-state index in [1.54, 1.807) is 6.92 Å². The van der Waals surface area contributed by atoms with Crippen LogP contribution in [0, 0.1) is 5.82 Å². The molecule has 7 heteroatoms. The number of Topliss-reactive ketones (excluding diaryl/α,β-unsaturated/α-hetero) is 1. The van der Waals surface area contributed by atoms with Crippen molar-refractivity contribution in [2.24, 2.45) is 0 Å². The molecule has 0 aromatic heterocycles. The maximum absolute atomic E-state index is 13.8. The first kappa shape index (κ1) is 15.0. The van der Waals surface area contributed by atoms with E-state index in [4.69, 9.17) is 4.74 Å². The number of urea groups is 1. The van der Waals surface area contributed by atoms with Gasteiger partial charge < -0.3 is 10.1 Å². The number of carbonyl (C=O) groups is 3. The lowest BCUT2D eigenvalue weighted by Gasteiger charge is -2.11. The normalized spacial score (nSPS) is 16.3. The van der Waals surface area contributed by atoms with Crippen molar-refractivity contribution < 1.29 is 23.5 Å². The molecule has 0 heterocycles. The minimum atomic E-state index is -0.661. The summed E-state index contributed by atoms with van der Waals surface area (Å²) in [6.07, 6.45) is 0.219. The molecule has 0 fully saturated rings. The first-order chi connectivity index (χ1) is 9.93. The van der Waals surface area contributed by atoms with E-state index in [1.165, 1.54) is 19.2 Å². The average molecular weight is 294 g/mol. The van der Waals surface area contributed by atoms with Gasteiger partial charge in [0.15, 0.2) is 12.4 Å². The Morgan fingerprint density at radius 3 is 2.81 bits per heavy atom. The molecule has 1 aromatic rings. The van der Waals surface area contributed by atoms with Gasteiger partial charge in [-0.1, -0.05) is 6.92 Å². The Bertz CT molecular complexity index is 615. The van der Waals surface area contributed by atoms with Crippen molar-refractivity contribution in [3.8, 4) is 5.75 Å². The highest BCUT2D eigenvalue weighted by molar-refractivity contribution is 6.04. The average Bonchev–Trinajstić information content (AvgIpc) is 2.74. The summed E-state index contributed by atoms with van der Waals surface area (Å²) in [4.78, 5) is 34.3. The molecule has 6 nitrogen and oxygen atoms in total. The van der Waals surface area contributed by atoms with Crippen LogP contribution in [-0.4, -0.2) is 31.4 Å². The van der Waals surface area contributed by atoms with Crippen LogP contribution in [0.2, 0.25) is 0 Å². The molecule has 1 aromatic carbocycles. The van der Waals surface area contributed by atoms with Gasteiger partial charge in [0.1, 0.15) is 11.6 Å². The van der Waals surface area contributed by atoms with Crippen LogP contribution >= 0.6 is 0 Å². The summed E-state index contributed by atoms with van der Waals surface area (Å²) in [6.45, 7) is 1.32. The number of hydrogen-bond acceptors (Lipinski definition) is 4. The second kappa shape index (κ2) is 5.90. The van der Waals surface area contributed by atoms with Gasteiger partial charge >= 0.3 is 6.03 Å². The Morgan fingerprint density at radius 2 is 2.14 bits per heavy atom. The third kappa shape index (κ3) is 3.01. The fraction of sp³-hybridized carbons (Fsp3) is 0.357. The van der Waals surface area contributed by atoms with Crippen LogP contribution in [-0.2, 0) is 4.79 Å². The van der Waals surface area contributed by atoms with Crippen molar-refractivity contribution in [1.29, 1.82) is 0 Å². The summed E-state index contributed by atoms with van der Waals surface area (Å²) < 4.78 is 19.0. The minimum absolute atomic E-state index is 0.160. The number of halogens is 1. The van der Waals surface area contributed by atoms with Crippen molar-refractivity contribution >= 4 is 17.7 Å². The Hall–Kier alpha value is -2.44. The zero-order chi connectivity index (χ0) is 15.6. The lowest BCUT2D eigenvalue weighted by molar-refractivity contribution is -0.122. The second-order valence-electron chi connectivity index (χ2n) is 4.78. The molecule has 0 bridgehead atoms. The van der Waals surface area contributed by atoms with E-state index in [0.717, 1.165) is 0 Å². The van der Waals surface area contributed by atoms with Crippen molar-refractivity contribution in [2.75, 3.05) is 13.7 Å². The number of fused-ring (bicyclic) bond motifs is 1. The van der Waals surface area contributed by atoms with Crippen LogP contribution in [0.5, 0.6) is 5.75 Å². The van der Waals surface area contributed by atoms with E-state index in [9.17, 15) is 18.8 Å². The monoisotopic (exact) mass is 294 g/mol. The van der Waals surface area contributed by atoms with E-state index in [2.05, 4.69) is 5.32 Å². The molecular formula is C14H15FN2O4. The Balaban J connectivity index is 2.14. The third-order valence-electron chi connectivity index (χ3n) is 3.26. The Morgan fingerprint density at radius 1 is 1.43 bits per heavy atom. The van der Waals surface area contributed by atoms with Gasteiger partial charge in [-0.05, 0) is 18.1 Å². The summed E-state index contributed by atoms with van der Waals surface area (Å²) in [6, 6.07) is 1.87. The number of rotatable bonds is 3. The van der Waals surface area contributed by atoms with Gasteiger partial charge in [0.05, 0.1) is 5.56 Å². The molecule has 1 aliphatic rings. The molecule has 0 saturated carbocycles. The fourth-order valence-electron chi connectivity index (χ4n) is 2.31. The first-order valence-electron chi connectivity index (χ1n) is 6.44. The highest BCUT2D eigenvalue weighted by atomic mass is 19.1. The number of hydrogen-bond donors (Lipinski definition) is 2. The molecule has 0 saturated heterocycles. The van der Waals surface area contributed by atoms with Crippen LogP contribution in [0.3, 0.4) is 0 Å². The van der Waals surface area contributed by atoms with Crippen molar-refractivity contribution in [3.05, 3.63) is 29.1 Å². The summed E-state index contributed by atoms with van der Waals surface area (Å²) in [7, 11) is 1.37. The van der Waals surface area contributed by atoms with E-state index < -0.39 is 24.4 Å². The topological polar surface area (TPSA) is 84.5 Å². The molecule has 1 aliphatic carbocycles. The smallest absolute Gasteiger partial charge is 0.321 e. The number of amides is 3. The molecule has 3 amide bonds. The van der Waals surface area contributed by atoms with Crippen LogP contribution in [0.4, 0.5) is 9.18 Å². The minimum Gasteiger partial charge on any atom is -0.483 e. The number of carbonyl (C=O) groups excluding carboxylic acids is 3. The molecule has 2 N–H and O–H groups in total. The lowest BCUT2D eigenvalue weighted by atomic mass is 10.0. The molecule has 1 atom stereocenters. The molecule has 1 unspecified atom stereocenters. The van der Waals surface area contributed by atoms with E-state index >= 15 is 0 Å². The zero-order valence-electron chi connectivity index (χ0n) is 11.7. The van der Waals surface area contributed by atoms with E-state index in [1.807, 2.05) is 5.32 Å². The van der Waals surface area contributed by atoms with Gasteiger partial charge in [0.2, 0.25) is 0 Å². The van der Waals surface area contributed by atoms with Gasteiger partial charge in [0.25, 0.3) is 5.91 Å². The zero-order valence-corrected chi connectivity index (χ0v) is 11.7. The predicted octanol–water partition coefficient (Wildman–Crippen LogP) is 1.35. The van der Waals surface area contributed by atoms with Crippen LogP contribution in [0.15, 0.2) is 12.1 Å². The van der Waals surface area contributed by atoms with Gasteiger partial charge in [-0.3, -0.25) is 14.9 Å². The van der Waals surface area contributed by atoms with E-state index in [0.29, 0.717) is 5.56 Å². The van der Waals surface area contributed by atoms with Crippen molar-refractivity contribution in [3.63, 3.8) is 0 Å². The van der Waals surface area contributed by atoms with Crippen LogP contribution in [0.1, 0.15) is 35.2 Å². The van der Waals surface area contributed by atoms with Crippen LogP contribution < -0.4 is 15.4 Å². The lowest BCUT2D eigenvalue weighted by Crippen LogP contribution is -2.40. The van der Waals surface area contributed by atoms with Gasteiger partial charge in [-0.2, -0.15) is 0 Å². The Kier molecular flexibility index (Phi) is 4.21. The number of ketones is 1. The summed E-state index contributed by atoms with van der Waals surface area (Å²) in [5.74, 6) is -1.38. The van der Waals surface area contributed by atoms with Crippen molar-refractivity contribution in [1.82, 2.24) is 10.6 Å². The fourth-order valence-corrected chi connectivity index (χ4v) is 2.31. The van der Waals surface area contributed by atoms with Crippen LogP contribution in [0.25, 0.3) is 0 Å². The molecule has 21 heavy (non-hydrogen) atoms. The van der Waals surface area contributed by atoms with Gasteiger partial charge in [-0.15, -0.1) is 0 Å². The molecule has 112 valence electrons. The largest absolute Gasteiger partial charge is 0.483 e. The maximum atomic E-state index is 13.8. The van der Waals surface area contributed by atoms with E-state index in [-0.39, 0.29) is 29.4 Å². The third-order valence-corrected chi connectivity index (χ3v) is 3.26. The summed E-state index contributed by atoms with van der Waals surface area (Å²) >= 11 is 0. The number of ether oxygens (including phenoxy) is 1. The molecule has 2 rings (SSSR count). The maximum Gasteiger partial charge on any atom is 0.321 e. The SMILES string of the molecule is CNC(=O)NC(=O)COc1ccc(F)c2c1C(=O)CC2C. The van der Waals surface area contributed by atoms with Crippen molar-refractivity contribution in [2.45, 2.75) is 19.3 Å². The quantitative estimate of drug-likeness (QED) is 0.881. The number of nitrogens with one attached hydrogen (secondary N) is 2.